The van der Waals surface area contributed by atoms with Gasteiger partial charge in [0.05, 0.1) is 22.6 Å². The summed E-state index contributed by atoms with van der Waals surface area (Å²) in [5.74, 6) is 0. The number of rotatable bonds is 2. The molecule has 1 aromatic heterocycles. The first-order valence-electron chi connectivity index (χ1n) is 6.56. The van der Waals surface area contributed by atoms with Crippen LogP contribution in [0.3, 0.4) is 0 Å². The van der Waals surface area contributed by atoms with Crippen molar-refractivity contribution in [1.82, 2.24) is 10.2 Å². The summed E-state index contributed by atoms with van der Waals surface area (Å²) in [4.78, 5) is 11.8. The van der Waals surface area contributed by atoms with Gasteiger partial charge in [0.15, 0.2) is 0 Å². The molecule has 0 bridgehead atoms. The number of halogens is 1. The lowest BCUT2D eigenvalue weighted by Gasteiger charge is -2.23. The summed E-state index contributed by atoms with van der Waals surface area (Å²) in [5, 5.41) is 18.2. The van der Waals surface area contributed by atoms with Gasteiger partial charge in [-0.15, -0.1) is 0 Å². The predicted octanol–water partition coefficient (Wildman–Crippen LogP) is 3.06. The molecule has 2 aromatic rings. The number of aromatic amines is 1. The van der Waals surface area contributed by atoms with E-state index in [1.165, 1.54) is 0 Å². The molecule has 1 atom stereocenters. The van der Waals surface area contributed by atoms with E-state index in [4.69, 9.17) is 11.6 Å². The Morgan fingerprint density at radius 3 is 2.81 bits per heavy atom. The van der Waals surface area contributed by atoms with Crippen molar-refractivity contribution in [2.45, 2.75) is 12.8 Å². The molecular formula is C16H12ClN3O. The van der Waals surface area contributed by atoms with Gasteiger partial charge in [-0.05, 0) is 18.6 Å². The molecule has 0 radical (unpaired) electrons. The summed E-state index contributed by atoms with van der Waals surface area (Å²) in [6, 6.07) is 9.62. The van der Waals surface area contributed by atoms with Crippen molar-refractivity contribution in [3.63, 3.8) is 0 Å². The van der Waals surface area contributed by atoms with Crippen LogP contribution in [-0.4, -0.2) is 10.2 Å². The molecule has 0 fully saturated rings. The van der Waals surface area contributed by atoms with E-state index in [-0.39, 0.29) is 5.56 Å². The summed E-state index contributed by atoms with van der Waals surface area (Å²) in [5.41, 5.74) is -0.183. The standard InChI is InChI=1S/C16H12ClN3O/c17-11-5-7-16(10-18,8-6-11)9-14-12-3-1-2-4-13(12)15(21)20-19-14/h1-7H,8-9H2,(H,20,21). The SMILES string of the molecule is N#CC1(Cc2n[nH]c(=O)c3ccccc23)C=CC(Cl)=CC1. The van der Waals surface area contributed by atoms with Crippen molar-refractivity contribution in [3.05, 3.63) is 63.6 Å². The molecule has 104 valence electrons. The first-order chi connectivity index (χ1) is 10.1. The van der Waals surface area contributed by atoms with Crippen LogP contribution in [0.1, 0.15) is 12.1 Å². The van der Waals surface area contributed by atoms with Gasteiger partial charge in [0.2, 0.25) is 0 Å². The topological polar surface area (TPSA) is 69.5 Å². The normalized spacial score (nSPS) is 21.0. The lowest BCUT2D eigenvalue weighted by molar-refractivity contribution is 0.498. The lowest BCUT2D eigenvalue weighted by Crippen LogP contribution is -2.22. The van der Waals surface area contributed by atoms with E-state index in [1.54, 1.807) is 12.1 Å². The van der Waals surface area contributed by atoms with Crippen molar-refractivity contribution in [2.75, 3.05) is 0 Å². The minimum Gasteiger partial charge on any atom is -0.267 e. The van der Waals surface area contributed by atoms with Gasteiger partial charge < -0.3 is 0 Å². The largest absolute Gasteiger partial charge is 0.272 e. The number of H-pyrrole nitrogens is 1. The number of hydrogen-bond acceptors (Lipinski definition) is 3. The van der Waals surface area contributed by atoms with E-state index < -0.39 is 5.41 Å². The Balaban J connectivity index is 2.07. The molecule has 0 aliphatic heterocycles. The van der Waals surface area contributed by atoms with Gasteiger partial charge in [0, 0.05) is 16.8 Å². The van der Waals surface area contributed by atoms with Gasteiger partial charge in [-0.25, -0.2) is 5.10 Å². The zero-order valence-corrected chi connectivity index (χ0v) is 11.9. The molecule has 0 saturated carbocycles. The third-order valence-corrected chi connectivity index (χ3v) is 3.98. The van der Waals surface area contributed by atoms with Crippen LogP contribution < -0.4 is 5.56 Å². The maximum absolute atomic E-state index is 11.8. The maximum Gasteiger partial charge on any atom is 0.272 e. The highest BCUT2D eigenvalue weighted by Crippen LogP contribution is 2.34. The third-order valence-electron chi connectivity index (χ3n) is 3.70. The van der Waals surface area contributed by atoms with Crippen LogP contribution in [0.2, 0.25) is 0 Å². The van der Waals surface area contributed by atoms with Crippen molar-refractivity contribution in [2.24, 2.45) is 5.41 Å². The molecule has 1 aromatic carbocycles. The molecule has 21 heavy (non-hydrogen) atoms. The van der Waals surface area contributed by atoms with Crippen LogP contribution in [0.4, 0.5) is 0 Å². The van der Waals surface area contributed by atoms with Gasteiger partial charge in [0.25, 0.3) is 5.56 Å². The van der Waals surface area contributed by atoms with E-state index in [0.29, 0.717) is 29.0 Å². The molecule has 0 saturated heterocycles. The predicted molar refractivity (Wildman–Crippen MR) is 81.8 cm³/mol. The number of fused-ring (bicyclic) bond motifs is 1. The number of aromatic nitrogens is 2. The number of nitrogens with one attached hydrogen (secondary N) is 1. The van der Waals surface area contributed by atoms with Crippen LogP contribution in [0, 0.1) is 16.7 Å². The van der Waals surface area contributed by atoms with E-state index in [2.05, 4.69) is 16.3 Å². The summed E-state index contributed by atoms with van der Waals surface area (Å²) in [6.07, 6.45) is 6.35. The Bertz CT molecular complexity index is 860. The molecule has 1 unspecified atom stereocenters. The number of nitrogens with zero attached hydrogens (tertiary/aromatic N) is 2. The van der Waals surface area contributed by atoms with Gasteiger partial charge >= 0.3 is 0 Å². The molecule has 0 amide bonds. The fourth-order valence-electron chi connectivity index (χ4n) is 2.51. The average molecular weight is 298 g/mol. The van der Waals surface area contributed by atoms with Crippen LogP contribution in [0.5, 0.6) is 0 Å². The highest BCUT2D eigenvalue weighted by molar-refractivity contribution is 6.31. The maximum atomic E-state index is 11.8. The first-order valence-corrected chi connectivity index (χ1v) is 6.94. The Morgan fingerprint density at radius 1 is 1.38 bits per heavy atom. The summed E-state index contributed by atoms with van der Waals surface area (Å²) >= 11 is 5.92. The smallest absolute Gasteiger partial charge is 0.267 e. The molecule has 4 nitrogen and oxygen atoms in total. The molecular weight excluding hydrogens is 286 g/mol. The molecule has 5 heteroatoms. The second kappa shape index (κ2) is 5.19. The quantitative estimate of drug-likeness (QED) is 0.926. The summed E-state index contributed by atoms with van der Waals surface area (Å²) in [6.45, 7) is 0. The fourth-order valence-corrected chi connectivity index (χ4v) is 2.65. The van der Waals surface area contributed by atoms with Gasteiger partial charge in [-0.1, -0.05) is 42.0 Å². The Morgan fingerprint density at radius 2 is 2.14 bits per heavy atom. The Labute approximate surface area is 126 Å². The molecule has 1 aliphatic carbocycles. The number of nitriles is 1. The summed E-state index contributed by atoms with van der Waals surface area (Å²) < 4.78 is 0. The molecule has 3 rings (SSSR count). The molecule has 0 spiro atoms. The first kappa shape index (κ1) is 13.6. The van der Waals surface area contributed by atoms with E-state index >= 15 is 0 Å². The zero-order chi connectivity index (χ0) is 14.9. The highest BCUT2D eigenvalue weighted by atomic mass is 35.5. The monoisotopic (exact) mass is 297 g/mol. The van der Waals surface area contributed by atoms with Crippen LogP contribution in [-0.2, 0) is 6.42 Å². The third kappa shape index (κ3) is 2.48. The van der Waals surface area contributed by atoms with Gasteiger partial charge in [-0.2, -0.15) is 10.4 Å². The zero-order valence-electron chi connectivity index (χ0n) is 11.1. The second-order valence-corrected chi connectivity index (χ2v) is 5.55. The molecule has 1 aliphatic rings. The second-order valence-electron chi connectivity index (χ2n) is 5.12. The van der Waals surface area contributed by atoms with Crippen LogP contribution in [0.15, 0.2) is 52.3 Å². The van der Waals surface area contributed by atoms with Crippen molar-refractivity contribution < 1.29 is 0 Å². The van der Waals surface area contributed by atoms with E-state index in [1.807, 2.05) is 30.4 Å². The van der Waals surface area contributed by atoms with Crippen LogP contribution >= 0.6 is 11.6 Å². The van der Waals surface area contributed by atoms with Crippen molar-refractivity contribution in [3.8, 4) is 6.07 Å². The van der Waals surface area contributed by atoms with E-state index in [0.717, 1.165) is 5.39 Å². The number of hydrogen-bond donors (Lipinski definition) is 1. The number of allylic oxidation sites excluding steroid dienone is 4. The Hall–Kier alpha value is -2.38. The molecule has 1 N–H and O–H groups in total. The summed E-state index contributed by atoms with van der Waals surface area (Å²) in [7, 11) is 0. The van der Waals surface area contributed by atoms with Crippen molar-refractivity contribution >= 4 is 22.4 Å². The average Bonchev–Trinajstić information content (AvgIpc) is 2.53. The number of benzene rings is 1. The molecule has 1 heterocycles. The van der Waals surface area contributed by atoms with Gasteiger partial charge in [-0.3, -0.25) is 4.79 Å². The lowest BCUT2D eigenvalue weighted by atomic mass is 9.78. The Kier molecular flexibility index (Phi) is 3.36. The van der Waals surface area contributed by atoms with E-state index in [9.17, 15) is 10.1 Å². The highest BCUT2D eigenvalue weighted by Gasteiger charge is 2.30. The van der Waals surface area contributed by atoms with Crippen LogP contribution in [0.25, 0.3) is 10.8 Å². The fraction of sp³-hybridized carbons (Fsp3) is 0.188. The van der Waals surface area contributed by atoms with Gasteiger partial charge in [0.1, 0.15) is 0 Å². The minimum absolute atomic E-state index is 0.220. The van der Waals surface area contributed by atoms with Crippen molar-refractivity contribution in [1.29, 1.82) is 5.26 Å². The minimum atomic E-state index is -0.674.